The Morgan fingerprint density at radius 1 is 1.31 bits per heavy atom. The molecule has 1 N–H and O–H groups in total. The molecule has 1 aromatic rings. The van der Waals surface area contributed by atoms with Gasteiger partial charge in [-0.25, -0.2) is 0 Å². The van der Waals surface area contributed by atoms with E-state index in [0.29, 0.717) is 30.3 Å². The molecule has 0 heterocycles. The number of carbonyl (C=O) groups is 1. The summed E-state index contributed by atoms with van der Waals surface area (Å²) >= 11 is 0. The molecule has 1 aromatic carbocycles. The van der Waals surface area contributed by atoms with Gasteiger partial charge in [0, 0.05) is 12.8 Å². The van der Waals surface area contributed by atoms with Gasteiger partial charge in [-0.05, 0) is 24.0 Å². The van der Waals surface area contributed by atoms with Crippen molar-refractivity contribution in [2.75, 3.05) is 0 Å². The number of ketones is 1. The number of benzene rings is 1. The van der Waals surface area contributed by atoms with E-state index >= 15 is 0 Å². The Bertz CT molecular complexity index is 323. The van der Waals surface area contributed by atoms with Crippen molar-refractivity contribution in [3.63, 3.8) is 0 Å². The first-order valence-corrected chi connectivity index (χ1v) is 4.54. The number of para-hydroxylation sites is 1. The summed E-state index contributed by atoms with van der Waals surface area (Å²) in [6.07, 6.45) is 2.21. The van der Waals surface area contributed by atoms with Gasteiger partial charge in [-0.1, -0.05) is 18.2 Å². The molecule has 2 nitrogen and oxygen atoms in total. The summed E-state index contributed by atoms with van der Waals surface area (Å²) in [4.78, 5) is 10.7. The van der Waals surface area contributed by atoms with Crippen molar-refractivity contribution in [3.8, 4) is 5.75 Å². The molecule has 0 saturated heterocycles. The average Bonchev–Trinajstić information content (AvgIpc) is 2.06. The minimum atomic E-state index is 0.348. The molecular formula is C11H12O2. The van der Waals surface area contributed by atoms with Crippen LogP contribution in [0.2, 0.25) is 0 Å². The number of hydrogen-bond acceptors (Lipinski definition) is 2. The van der Waals surface area contributed by atoms with Gasteiger partial charge in [0.15, 0.2) is 0 Å². The smallest absolute Gasteiger partial charge is 0.133 e. The van der Waals surface area contributed by atoms with E-state index in [0.717, 1.165) is 12.0 Å². The zero-order valence-electron chi connectivity index (χ0n) is 7.36. The van der Waals surface area contributed by atoms with Gasteiger partial charge in [0.2, 0.25) is 0 Å². The van der Waals surface area contributed by atoms with Crippen LogP contribution in [0.1, 0.15) is 18.4 Å². The van der Waals surface area contributed by atoms with Crippen LogP contribution in [-0.2, 0) is 11.2 Å². The van der Waals surface area contributed by atoms with Gasteiger partial charge in [0.05, 0.1) is 0 Å². The molecule has 2 heteroatoms. The molecule has 2 rings (SSSR count). The van der Waals surface area contributed by atoms with E-state index in [-0.39, 0.29) is 0 Å². The number of phenolic OH excluding ortho intramolecular Hbond substituents is 1. The maximum Gasteiger partial charge on any atom is 0.133 e. The van der Waals surface area contributed by atoms with Crippen LogP contribution >= 0.6 is 0 Å². The van der Waals surface area contributed by atoms with Crippen molar-refractivity contribution < 1.29 is 9.90 Å². The Labute approximate surface area is 77.2 Å². The molecular weight excluding hydrogens is 164 g/mol. The summed E-state index contributed by atoms with van der Waals surface area (Å²) in [5.74, 6) is 1.16. The van der Waals surface area contributed by atoms with E-state index in [1.54, 1.807) is 6.07 Å². The molecule has 0 atom stereocenters. The number of rotatable bonds is 2. The van der Waals surface area contributed by atoms with Crippen LogP contribution in [-0.4, -0.2) is 10.9 Å². The Balaban J connectivity index is 2.02. The van der Waals surface area contributed by atoms with E-state index in [1.807, 2.05) is 18.2 Å². The van der Waals surface area contributed by atoms with Crippen molar-refractivity contribution in [3.05, 3.63) is 29.8 Å². The third-order valence-corrected chi connectivity index (χ3v) is 2.53. The summed E-state index contributed by atoms with van der Waals surface area (Å²) < 4.78 is 0. The molecule has 68 valence electrons. The summed E-state index contributed by atoms with van der Waals surface area (Å²) in [7, 11) is 0. The molecule has 0 aliphatic heterocycles. The van der Waals surface area contributed by atoms with Gasteiger partial charge in [-0.3, -0.25) is 4.79 Å². The molecule has 0 aromatic heterocycles. The predicted octanol–water partition coefficient (Wildman–Crippen LogP) is 1.91. The van der Waals surface area contributed by atoms with E-state index in [9.17, 15) is 9.90 Å². The highest BCUT2D eigenvalue weighted by Gasteiger charge is 2.26. The van der Waals surface area contributed by atoms with Crippen molar-refractivity contribution in [1.29, 1.82) is 0 Å². The Morgan fingerprint density at radius 3 is 2.62 bits per heavy atom. The molecule has 0 amide bonds. The predicted molar refractivity (Wildman–Crippen MR) is 49.5 cm³/mol. The monoisotopic (exact) mass is 176 g/mol. The molecule has 13 heavy (non-hydrogen) atoms. The molecule has 1 aliphatic carbocycles. The second-order valence-electron chi connectivity index (χ2n) is 3.65. The summed E-state index contributed by atoms with van der Waals surface area (Å²) in [5.41, 5.74) is 0.958. The zero-order chi connectivity index (χ0) is 9.26. The minimum Gasteiger partial charge on any atom is -0.508 e. The van der Waals surface area contributed by atoms with Gasteiger partial charge in [0.25, 0.3) is 0 Å². The molecule has 1 fully saturated rings. The SMILES string of the molecule is O=C1CC(Cc2ccccc2O)C1. The van der Waals surface area contributed by atoms with Crippen LogP contribution in [0, 0.1) is 5.92 Å². The molecule has 0 radical (unpaired) electrons. The van der Waals surface area contributed by atoms with Crippen molar-refractivity contribution in [2.24, 2.45) is 5.92 Å². The lowest BCUT2D eigenvalue weighted by atomic mass is 9.80. The lowest BCUT2D eigenvalue weighted by Crippen LogP contribution is -2.24. The largest absolute Gasteiger partial charge is 0.508 e. The lowest BCUT2D eigenvalue weighted by Gasteiger charge is -2.24. The third kappa shape index (κ3) is 1.72. The van der Waals surface area contributed by atoms with Gasteiger partial charge in [-0.2, -0.15) is 0 Å². The fourth-order valence-electron chi connectivity index (χ4n) is 1.72. The highest BCUT2D eigenvalue weighted by atomic mass is 16.3. The second kappa shape index (κ2) is 3.21. The number of carbonyl (C=O) groups excluding carboxylic acids is 1. The Kier molecular flexibility index (Phi) is 2.05. The normalized spacial score (nSPS) is 17.1. The number of aromatic hydroxyl groups is 1. The van der Waals surface area contributed by atoms with Crippen LogP contribution in [0.4, 0.5) is 0 Å². The van der Waals surface area contributed by atoms with Crippen molar-refractivity contribution >= 4 is 5.78 Å². The first kappa shape index (κ1) is 8.30. The van der Waals surface area contributed by atoms with Crippen molar-refractivity contribution in [1.82, 2.24) is 0 Å². The summed E-state index contributed by atoms with van der Waals surface area (Å²) in [6, 6.07) is 7.33. The number of Topliss-reactive ketones (excluding diaryl/α,β-unsaturated/α-hetero) is 1. The van der Waals surface area contributed by atoms with Crippen LogP contribution in [0.3, 0.4) is 0 Å². The number of phenols is 1. The van der Waals surface area contributed by atoms with Crippen molar-refractivity contribution in [2.45, 2.75) is 19.3 Å². The average molecular weight is 176 g/mol. The second-order valence-corrected chi connectivity index (χ2v) is 3.65. The number of hydrogen-bond donors (Lipinski definition) is 1. The first-order chi connectivity index (χ1) is 6.25. The maximum absolute atomic E-state index is 10.7. The van der Waals surface area contributed by atoms with Crippen LogP contribution < -0.4 is 0 Å². The summed E-state index contributed by atoms with van der Waals surface area (Å²) in [6.45, 7) is 0. The molecule has 0 bridgehead atoms. The van der Waals surface area contributed by atoms with E-state index in [4.69, 9.17) is 0 Å². The van der Waals surface area contributed by atoms with Crippen LogP contribution in [0.25, 0.3) is 0 Å². The van der Waals surface area contributed by atoms with Gasteiger partial charge < -0.3 is 5.11 Å². The standard InChI is InChI=1S/C11H12O2/c12-10-6-8(7-10)5-9-3-1-2-4-11(9)13/h1-4,8,13H,5-7H2. The Hall–Kier alpha value is -1.31. The van der Waals surface area contributed by atoms with Gasteiger partial charge in [-0.15, -0.1) is 0 Å². The van der Waals surface area contributed by atoms with E-state index in [2.05, 4.69) is 0 Å². The van der Waals surface area contributed by atoms with Gasteiger partial charge in [0.1, 0.15) is 11.5 Å². The minimum absolute atomic E-state index is 0.348. The van der Waals surface area contributed by atoms with Crippen LogP contribution in [0.5, 0.6) is 5.75 Å². The van der Waals surface area contributed by atoms with Crippen LogP contribution in [0.15, 0.2) is 24.3 Å². The third-order valence-electron chi connectivity index (χ3n) is 2.53. The molecule has 1 saturated carbocycles. The fraction of sp³-hybridized carbons (Fsp3) is 0.364. The topological polar surface area (TPSA) is 37.3 Å². The maximum atomic E-state index is 10.7. The van der Waals surface area contributed by atoms with E-state index < -0.39 is 0 Å². The summed E-state index contributed by atoms with van der Waals surface area (Å²) in [5, 5.41) is 9.46. The quantitative estimate of drug-likeness (QED) is 0.747. The highest BCUT2D eigenvalue weighted by molar-refractivity contribution is 5.84. The zero-order valence-corrected chi connectivity index (χ0v) is 7.36. The Morgan fingerprint density at radius 2 is 2.00 bits per heavy atom. The lowest BCUT2D eigenvalue weighted by molar-refractivity contribution is -0.126. The molecule has 0 unspecified atom stereocenters. The molecule has 1 aliphatic rings. The van der Waals surface area contributed by atoms with Gasteiger partial charge >= 0.3 is 0 Å². The first-order valence-electron chi connectivity index (χ1n) is 4.54. The fourth-order valence-corrected chi connectivity index (χ4v) is 1.72. The molecule has 0 spiro atoms. The van der Waals surface area contributed by atoms with E-state index in [1.165, 1.54) is 0 Å². The highest BCUT2D eigenvalue weighted by Crippen LogP contribution is 2.29.